The van der Waals surface area contributed by atoms with Crippen molar-refractivity contribution in [2.24, 2.45) is 0 Å². The van der Waals surface area contributed by atoms with Crippen molar-refractivity contribution in [3.05, 3.63) is 0 Å². The third kappa shape index (κ3) is 7.11. The van der Waals surface area contributed by atoms with Crippen LogP contribution in [-0.4, -0.2) is 14.0 Å². The van der Waals surface area contributed by atoms with Crippen molar-refractivity contribution < 1.29 is 38.3 Å². The van der Waals surface area contributed by atoms with E-state index in [1.165, 1.54) is 0 Å². The minimum absolute atomic E-state index is 0. The zero-order chi connectivity index (χ0) is 5.15. The van der Waals surface area contributed by atoms with Crippen LogP contribution in [-0.2, 0) is 11.1 Å². The molecule has 0 aliphatic rings. The second-order valence-corrected chi connectivity index (χ2v) is 2.77. The van der Waals surface area contributed by atoms with Gasteiger partial charge in [0.1, 0.15) is 0 Å². The second-order valence-electron chi connectivity index (χ2n) is 1.31. The minimum Gasteiger partial charge on any atom is -0.772 e. The van der Waals surface area contributed by atoms with E-state index in [2.05, 4.69) is 0 Å². The molecule has 0 aliphatic heterocycles. The van der Waals surface area contributed by atoms with Crippen LogP contribution in [0.25, 0.3) is 0 Å². The first-order chi connectivity index (χ1) is 2.64. The quantitative estimate of drug-likeness (QED) is 0.286. The summed E-state index contributed by atoms with van der Waals surface area (Å²) in [6.07, 6.45) is 0. The average molecular weight is 130 g/mol. The molecule has 38 valence electrons. The van der Waals surface area contributed by atoms with Gasteiger partial charge in [0.15, 0.2) is 0 Å². The smallest absolute Gasteiger partial charge is 0.772 e. The summed E-state index contributed by atoms with van der Waals surface area (Å²) in [6, 6.07) is 0. The molecular weight excluding hydrogens is 123 g/mol. The molecule has 0 heterocycles. The zero-order valence-electron chi connectivity index (χ0n) is 4.80. The fourth-order valence-corrected chi connectivity index (χ4v) is 0. The van der Waals surface area contributed by atoms with Crippen LogP contribution in [0, 0.1) is 0 Å². The van der Waals surface area contributed by atoms with Crippen LogP contribution in [0.5, 0.6) is 0 Å². The maximum absolute atomic E-state index is 9.70. The molecule has 0 spiro atoms. The minimum atomic E-state index is -1.87. The normalized spacial score (nSPS) is 13.1. The molecule has 0 aliphatic carbocycles. The molecule has 0 saturated heterocycles. The monoisotopic (exact) mass is 130 g/mol. The van der Waals surface area contributed by atoms with Crippen LogP contribution in [0.1, 0.15) is 13.8 Å². The predicted octanol–water partition coefficient (Wildman–Crippen LogP) is -2.72. The van der Waals surface area contributed by atoms with Gasteiger partial charge in [-0.15, -0.1) is 0 Å². The Labute approximate surface area is 68.3 Å². The maximum atomic E-state index is 9.70. The first-order valence-electron chi connectivity index (χ1n) is 1.72. The molecule has 0 N–H and O–H groups in total. The summed E-state index contributed by atoms with van der Waals surface area (Å²) < 4.78 is 19.4. The molecule has 0 aromatic rings. The Hall–Kier alpha value is 1.11. The van der Waals surface area contributed by atoms with Gasteiger partial charge < -0.3 is 4.55 Å². The van der Waals surface area contributed by atoms with Crippen molar-refractivity contribution in [3.63, 3.8) is 0 Å². The molecule has 0 radical (unpaired) electrons. The molecule has 0 bridgehead atoms. The average Bonchev–Trinajstić information content (AvgIpc) is 1.36. The first kappa shape index (κ1) is 11.0. The van der Waals surface area contributed by atoms with Crippen molar-refractivity contribution in [3.8, 4) is 0 Å². The van der Waals surface area contributed by atoms with Gasteiger partial charge in [0, 0.05) is 5.25 Å². The summed E-state index contributed by atoms with van der Waals surface area (Å²) in [7, 11) is 0. The van der Waals surface area contributed by atoms with E-state index < -0.39 is 11.1 Å². The SMILES string of the molecule is CC(C)S(=O)[O-].[Na+]. The van der Waals surface area contributed by atoms with Gasteiger partial charge in [-0.3, -0.25) is 4.21 Å². The van der Waals surface area contributed by atoms with Gasteiger partial charge in [-0.05, 0) is 0 Å². The standard InChI is InChI=1S/C3H8O2S.Na/c1-3(2)6(4)5;/h3H,1-2H3,(H,4,5);/q;+1/p-1. The molecular formula is C3H7NaO2S. The van der Waals surface area contributed by atoms with E-state index >= 15 is 0 Å². The molecule has 0 aromatic carbocycles. The first-order valence-corrected chi connectivity index (χ1v) is 2.86. The van der Waals surface area contributed by atoms with Gasteiger partial charge in [-0.25, -0.2) is 0 Å². The van der Waals surface area contributed by atoms with Crippen LogP contribution in [0.15, 0.2) is 0 Å². The van der Waals surface area contributed by atoms with Crippen LogP contribution in [0.4, 0.5) is 0 Å². The van der Waals surface area contributed by atoms with Gasteiger partial charge >= 0.3 is 29.6 Å². The van der Waals surface area contributed by atoms with Crippen LogP contribution in [0.3, 0.4) is 0 Å². The van der Waals surface area contributed by atoms with E-state index in [0.29, 0.717) is 0 Å². The predicted molar refractivity (Wildman–Crippen MR) is 24.1 cm³/mol. The van der Waals surface area contributed by atoms with Gasteiger partial charge in [0.05, 0.1) is 0 Å². The summed E-state index contributed by atoms with van der Waals surface area (Å²) in [6.45, 7) is 3.26. The van der Waals surface area contributed by atoms with Gasteiger partial charge in [-0.2, -0.15) is 0 Å². The molecule has 1 unspecified atom stereocenters. The van der Waals surface area contributed by atoms with Crippen molar-refractivity contribution >= 4 is 11.1 Å². The second kappa shape index (κ2) is 5.25. The fraction of sp³-hybridized carbons (Fsp3) is 1.00. The zero-order valence-corrected chi connectivity index (χ0v) is 7.62. The van der Waals surface area contributed by atoms with Crippen molar-refractivity contribution in [1.82, 2.24) is 0 Å². The summed E-state index contributed by atoms with van der Waals surface area (Å²) in [5.41, 5.74) is 0. The largest absolute Gasteiger partial charge is 1.00 e. The Morgan fingerprint density at radius 2 is 1.71 bits per heavy atom. The van der Waals surface area contributed by atoms with Crippen LogP contribution >= 0.6 is 0 Å². The van der Waals surface area contributed by atoms with Gasteiger partial charge in [0.2, 0.25) is 0 Å². The number of rotatable bonds is 1. The Balaban J connectivity index is 0. The van der Waals surface area contributed by atoms with E-state index in [4.69, 9.17) is 0 Å². The summed E-state index contributed by atoms with van der Waals surface area (Å²) >= 11 is -1.87. The Morgan fingerprint density at radius 1 is 1.57 bits per heavy atom. The van der Waals surface area contributed by atoms with E-state index in [1.807, 2.05) is 0 Å². The summed E-state index contributed by atoms with van der Waals surface area (Å²) in [4.78, 5) is 0. The van der Waals surface area contributed by atoms with E-state index in [-0.39, 0.29) is 34.8 Å². The Bertz CT molecular complexity index is 64.0. The van der Waals surface area contributed by atoms with Crippen LogP contribution in [0.2, 0.25) is 0 Å². The third-order valence-corrected chi connectivity index (χ3v) is 1.15. The summed E-state index contributed by atoms with van der Waals surface area (Å²) in [5, 5.41) is -0.231. The molecule has 0 aromatic heterocycles. The van der Waals surface area contributed by atoms with Gasteiger partial charge in [0.25, 0.3) is 0 Å². The molecule has 4 heteroatoms. The van der Waals surface area contributed by atoms with Crippen molar-refractivity contribution in [2.45, 2.75) is 19.1 Å². The Morgan fingerprint density at radius 3 is 1.71 bits per heavy atom. The molecule has 7 heavy (non-hydrogen) atoms. The number of hydrogen-bond donors (Lipinski definition) is 0. The van der Waals surface area contributed by atoms with Crippen LogP contribution < -0.4 is 29.6 Å². The maximum Gasteiger partial charge on any atom is 1.00 e. The fourth-order valence-electron chi connectivity index (χ4n) is 0. The molecule has 1 atom stereocenters. The molecule has 2 nitrogen and oxygen atoms in total. The molecule has 0 rings (SSSR count). The van der Waals surface area contributed by atoms with E-state index in [9.17, 15) is 8.76 Å². The Kier molecular flexibility index (Phi) is 8.24. The van der Waals surface area contributed by atoms with Crippen molar-refractivity contribution in [2.75, 3.05) is 0 Å². The van der Waals surface area contributed by atoms with Crippen molar-refractivity contribution in [1.29, 1.82) is 0 Å². The summed E-state index contributed by atoms with van der Waals surface area (Å²) in [5.74, 6) is 0. The third-order valence-electron chi connectivity index (χ3n) is 0.385. The topological polar surface area (TPSA) is 40.1 Å². The van der Waals surface area contributed by atoms with Gasteiger partial charge in [-0.1, -0.05) is 24.9 Å². The molecule has 0 fully saturated rings. The van der Waals surface area contributed by atoms with E-state index in [1.54, 1.807) is 13.8 Å². The molecule has 0 amide bonds. The molecule has 0 saturated carbocycles. The number of hydrogen-bond acceptors (Lipinski definition) is 2. The van der Waals surface area contributed by atoms with E-state index in [0.717, 1.165) is 0 Å².